The molecule has 0 aliphatic carbocycles. The van der Waals surface area contributed by atoms with Gasteiger partial charge in [0.05, 0.1) is 5.52 Å². The molecular formula is C17H18N2. The van der Waals surface area contributed by atoms with E-state index in [-0.39, 0.29) is 0 Å². The van der Waals surface area contributed by atoms with Crippen molar-refractivity contribution in [1.82, 2.24) is 4.98 Å². The first-order valence-corrected chi connectivity index (χ1v) is 6.90. The fraction of sp³-hybridized carbons (Fsp3) is 0.235. The van der Waals surface area contributed by atoms with Crippen molar-refractivity contribution in [1.29, 1.82) is 0 Å². The molecule has 1 N–H and O–H groups in total. The van der Waals surface area contributed by atoms with E-state index in [2.05, 4.69) is 59.7 Å². The Morgan fingerprint density at radius 3 is 2.63 bits per heavy atom. The van der Waals surface area contributed by atoms with Crippen LogP contribution in [0.25, 0.3) is 21.7 Å². The summed E-state index contributed by atoms with van der Waals surface area (Å²) in [5, 5.41) is 7.23. The minimum Gasteiger partial charge on any atom is -0.384 e. The number of rotatable bonds is 4. The van der Waals surface area contributed by atoms with Gasteiger partial charge in [-0.1, -0.05) is 37.6 Å². The molecule has 0 aliphatic rings. The lowest BCUT2D eigenvalue weighted by atomic mass is 10.1. The van der Waals surface area contributed by atoms with Crippen molar-refractivity contribution < 1.29 is 0 Å². The lowest BCUT2D eigenvalue weighted by Gasteiger charge is -2.10. The molecule has 1 heterocycles. The zero-order valence-corrected chi connectivity index (χ0v) is 11.2. The molecule has 2 heteroatoms. The highest BCUT2D eigenvalue weighted by Crippen LogP contribution is 2.26. The van der Waals surface area contributed by atoms with Gasteiger partial charge in [-0.15, -0.1) is 0 Å². The van der Waals surface area contributed by atoms with E-state index < -0.39 is 0 Å². The van der Waals surface area contributed by atoms with Crippen molar-refractivity contribution in [2.45, 2.75) is 19.8 Å². The molecule has 0 unspecified atom stereocenters. The first kappa shape index (κ1) is 12.0. The van der Waals surface area contributed by atoms with E-state index in [0.717, 1.165) is 12.1 Å². The largest absolute Gasteiger partial charge is 0.384 e. The van der Waals surface area contributed by atoms with Crippen molar-refractivity contribution in [3.05, 3.63) is 48.7 Å². The molecule has 0 amide bonds. The third-order valence-corrected chi connectivity index (χ3v) is 3.45. The van der Waals surface area contributed by atoms with Crippen molar-refractivity contribution in [2.75, 3.05) is 11.9 Å². The Morgan fingerprint density at radius 2 is 1.84 bits per heavy atom. The second-order valence-electron chi connectivity index (χ2n) is 4.86. The van der Waals surface area contributed by atoms with Crippen LogP contribution in [0.4, 0.5) is 5.69 Å². The van der Waals surface area contributed by atoms with Crippen LogP contribution in [-0.4, -0.2) is 11.5 Å². The number of hydrogen-bond acceptors (Lipinski definition) is 2. The second kappa shape index (κ2) is 5.27. The maximum atomic E-state index is 4.48. The van der Waals surface area contributed by atoms with E-state index in [1.165, 1.54) is 34.7 Å². The van der Waals surface area contributed by atoms with Crippen LogP contribution in [0.1, 0.15) is 19.8 Å². The number of hydrogen-bond donors (Lipinski definition) is 1. The molecule has 2 aromatic carbocycles. The fourth-order valence-electron chi connectivity index (χ4n) is 2.39. The standard InChI is InChI=1S/C17H18N2/c1-2-3-9-18-16-8-10-19-17-12-14-7-5-4-6-13(14)11-15(16)17/h4-8,10-12H,2-3,9H2,1H3,(H,18,19). The number of anilines is 1. The van der Waals surface area contributed by atoms with Crippen LogP contribution in [0.3, 0.4) is 0 Å². The van der Waals surface area contributed by atoms with Crippen LogP contribution in [0.5, 0.6) is 0 Å². The monoisotopic (exact) mass is 250 g/mol. The van der Waals surface area contributed by atoms with Gasteiger partial charge in [0.2, 0.25) is 0 Å². The lowest BCUT2D eigenvalue weighted by Crippen LogP contribution is -2.01. The van der Waals surface area contributed by atoms with E-state index >= 15 is 0 Å². The molecule has 0 saturated heterocycles. The van der Waals surface area contributed by atoms with Gasteiger partial charge in [0.1, 0.15) is 0 Å². The van der Waals surface area contributed by atoms with Crippen molar-refractivity contribution in [2.24, 2.45) is 0 Å². The van der Waals surface area contributed by atoms with E-state index in [1.807, 2.05) is 6.20 Å². The van der Waals surface area contributed by atoms with E-state index in [1.54, 1.807) is 0 Å². The van der Waals surface area contributed by atoms with Crippen LogP contribution in [0.15, 0.2) is 48.7 Å². The highest BCUT2D eigenvalue weighted by molar-refractivity contribution is 6.01. The van der Waals surface area contributed by atoms with Gasteiger partial charge in [-0.3, -0.25) is 4.98 Å². The second-order valence-corrected chi connectivity index (χ2v) is 4.86. The van der Waals surface area contributed by atoms with Crippen molar-refractivity contribution in [3.63, 3.8) is 0 Å². The van der Waals surface area contributed by atoms with Gasteiger partial charge in [-0.05, 0) is 35.4 Å². The molecule has 0 bridgehead atoms. The summed E-state index contributed by atoms with van der Waals surface area (Å²) in [5.74, 6) is 0. The maximum absolute atomic E-state index is 4.48. The zero-order valence-electron chi connectivity index (χ0n) is 11.2. The molecule has 0 aliphatic heterocycles. The van der Waals surface area contributed by atoms with Gasteiger partial charge >= 0.3 is 0 Å². The molecule has 0 saturated carbocycles. The number of fused-ring (bicyclic) bond motifs is 2. The molecule has 0 fully saturated rings. The normalized spacial score (nSPS) is 11.0. The van der Waals surface area contributed by atoms with Crippen LogP contribution < -0.4 is 5.32 Å². The highest BCUT2D eigenvalue weighted by atomic mass is 14.9. The minimum atomic E-state index is 1.02. The smallest absolute Gasteiger partial charge is 0.0729 e. The molecule has 2 nitrogen and oxygen atoms in total. The van der Waals surface area contributed by atoms with Crippen molar-refractivity contribution in [3.8, 4) is 0 Å². The van der Waals surface area contributed by atoms with Crippen LogP contribution in [0, 0.1) is 0 Å². The van der Waals surface area contributed by atoms with Gasteiger partial charge in [0, 0.05) is 23.8 Å². The van der Waals surface area contributed by atoms with Crippen LogP contribution in [0.2, 0.25) is 0 Å². The molecule has 1 aromatic heterocycles. The molecular weight excluding hydrogens is 232 g/mol. The van der Waals surface area contributed by atoms with Crippen LogP contribution in [-0.2, 0) is 0 Å². The first-order valence-electron chi connectivity index (χ1n) is 6.90. The average Bonchev–Trinajstić information content (AvgIpc) is 2.46. The van der Waals surface area contributed by atoms with E-state index in [4.69, 9.17) is 0 Å². The third kappa shape index (κ3) is 2.39. The summed E-state index contributed by atoms with van der Waals surface area (Å²) in [6.45, 7) is 3.22. The summed E-state index contributed by atoms with van der Waals surface area (Å²) in [5.41, 5.74) is 2.24. The highest BCUT2D eigenvalue weighted by Gasteiger charge is 2.03. The summed E-state index contributed by atoms with van der Waals surface area (Å²) >= 11 is 0. The van der Waals surface area contributed by atoms with Gasteiger partial charge < -0.3 is 5.32 Å². The Hall–Kier alpha value is -2.09. The quantitative estimate of drug-likeness (QED) is 0.540. The number of nitrogens with zero attached hydrogens (tertiary/aromatic N) is 1. The lowest BCUT2D eigenvalue weighted by molar-refractivity contribution is 0.835. The summed E-state index contributed by atoms with van der Waals surface area (Å²) in [6.07, 6.45) is 4.28. The SMILES string of the molecule is CCCCNc1ccnc2cc3ccccc3cc12. The molecule has 19 heavy (non-hydrogen) atoms. The average molecular weight is 250 g/mol. The summed E-state index contributed by atoms with van der Waals surface area (Å²) in [7, 11) is 0. The van der Waals surface area contributed by atoms with Gasteiger partial charge in [0.25, 0.3) is 0 Å². The summed E-state index contributed by atoms with van der Waals surface area (Å²) in [6, 6.07) is 14.9. The Balaban J connectivity index is 2.09. The molecule has 0 atom stereocenters. The number of unbranched alkanes of at least 4 members (excludes halogenated alkanes) is 1. The predicted octanol–water partition coefficient (Wildman–Crippen LogP) is 4.60. The van der Waals surface area contributed by atoms with Gasteiger partial charge in [-0.25, -0.2) is 0 Å². The van der Waals surface area contributed by atoms with Gasteiger partial charge in [0.15, 0.2) is 0 Å². The first-order chi connectivity index (χ1) is 9.38. The Kier molecular flexibility index (Phi) is 3.32. The number of nitrogens with one attached hydrogen (secondary N) is 1. The Labute approximate surface area is 113 Å². The van der Waals surface area contributed by atoms with Gasteiger partial charge in [-0.2, -0.15) is 0 Å². The summed E-state index contributed by atoms with van der Waals surface area (Å²) in [4.78, 5) is 4.48. The van der Waals surface area contributed by atoms with E-state index in [9.17, 15) is 0 Å². The Bertz CT molecular complexity index is 704. The predicted molar refractivity (Wildman–Crippen MR) is 82.6 cm³/mol. The van der Waals surface area contributed by atoms with Crippen LogP contribution >= 0.6 is 0 Å². The fourth-order valence-corrected chi connectivity index (χ4v) is 2.39. The number of aromatic nitrogens is 1. The summed E-state index contributed by atoms with van der Waals surface area (Å²) < 4.78 is 0. The number of pyridine rings is 1. The van der Waals surface area contributed by atoms with Crippen molar-refractivity contribution >= 4 is 27.4 Å². The maximum Gasteiger partial charge on any atom is 0.0729 e. The molecule has 96 valence electrons. The molecule has 0 radical (unpaired) electrons. The molecule has 0 spiro atoms. The zero-order chi connectivity index (χ0) is 13.1. The minimum absolute atomic E-state index is 1.02. The van der Waals surface area contributed by atoms with E-state index in [0.29, 0.717) is 0 Å². The number of benzene rings is 2. The Morgan fingerprint density at radius 1 is 1.05 bits per heavy atom. The third-order valence-electron chi connectivity index (χ3n) is 3.45. The molecule has 3 aromatic rings. The molecule has 3 rings (SSSR count). The topological polar surface area (TPSA) is 24.9 Å².